The number of nitrogens with zero attached hydrogens (tertiary/aromatic N) is 2. The predicted molar refractivity (Wildman–Crippen MR) is 82.0 cm³/mol. The molecule has 0 bridgehead atoms. The Balaban J connectivity index is 1.93. The lowest BCUT2D eigenvalue weighted by Gasteiger charge is -2.16. The third-order valence-electron chi connectivity index (χ3n) is 3.85. The molecule has 1 unspecified atom stereocenters. The molecule has 2 heterocycles. The summed E-state index contributed by atoms with van der Waals surface area (Å²) in [6.45, 7) is 4.08. The van der Waals surface area contributed by atoms with Crippen molar-refractivity contribution in [3.63, 3.8) is 0 Å². The smallest absolute Gasteiger partial charge is 0.120 e. The minimum atomic E-state index is -0.956. The molecule has 1 aromatic carbocycles. The van der Waals surface area contributed by atoms with E-state index in [4.69, 9.17) is 23.2 Å². The van der Waals surface area contributed by atoms with Gasteiger partial charge in [-0.25, -0.2) is 4.98 Å². The number of rotatable bonds is 2. The topological polar surface area (TPSA) is 58.3 Å². The van der Waals surface area contributed by atoms with Crippen molar-refractivity contribution in [2.45, 2.75) is 38.3 Å². The van der Waals surface area contributed by atoms with E-state index in [0.717, 1.165) is 5.82 Å². The van der Waals surface area contributed by atoms with Crippen molar-refractivity contribution in [3.8, 4) is 5.75 Å². The summed E-state index contributed by atoms with van der Waals surface area (Å²) < 4.78 is 1.99. The number of fused-ring (bicyclic) bond motifs is 1. The van der Waals surface area contributed by atoms with Gasteiger partial charge in [-0.3, -0.25) is 0 Å². The van der Waals surface area contributed by atoms with Crippen LogP contribution in [0.4, 0.5) is 0 Å². The molecule has 2 N–H and O–H groups in total. The lowest BCUT2D eigenvalue weighted by molar-refractivity contribution is 0.0740. The first kappa shape index (κ1) is 14.7. The molecule has 6 heteroatoms. The van der Waals surface area contributed by atoms with Crippen molar-refractivity contribution in [1.82, 2.24) is 9.55 Å². The molecule has 4 nitrogen and oxygen atoms in total. The third-order valence-corrected chi connectivity index (χ3v) is 4.67. The van der Waals surface area contributed by atoms with Crippen LogP contribution in [0.3, 0.4) is 0 Å². The molecule has 0 fully saturated rings. The SMILES string of the molecule is CC(C)(O)c1cn2c(n1)CC(c1c(O)ccc(Cl)c1Cl)C2. The van der Waals surface area contributed by atoms with Gasteiger partial charge in [0.1, 0.15) is 17.2 Å². The molecule has 112 valence electrons. The lowest BCUT2D eigenvalue weighted by Crippen LogP contribution is -2.16. The predicted octanol–water partition coefficient (Wildman–Crippen LogP) is 3.46. The van der Waals surface area contributed by atoms with Gasteiger partial charge in [0.2, 0.25) is 0 Å². The minimum Gasteiger partial charge on any atom is -0.508 e. The summed E-state index contributed by atoms with van der Waals surface area (Å²) in [5.41, 5.74) is 0.361. The highest BCUT2D eigenvalue weighted by Gasteiger charge is 2.31. The fraction of sp³-hybridized carbons (Fsp3) is 0.400. The molecule has 0 saturated carbocycles. The standard InChI is InChI=1S/C15H16Cl2N2O2/c1-15(2,21)11-7-19-6-8(5-12(19)18-11)13-10(20)4-3-9(16)14(13)17/h3-4,7-8,20-21H,5-6H2,1-2H3. The zero-order chi connectivity index (χ0) is 15.4. The largest absolute Gasteiger partial charge is 0.508 e. The number of halogens is 2. The average Bonchev–Trinajstić information content (AvgIpc) is 2.92. The fourth-order valence-electron chi connectivity index (χ4n) is 2.73. The van der Waals surface area contributed by atoms with E-state index in [1.54, 1.807) is 26.0 Å². The molecule has 2 aromatic rings. The number of aromatic nitrogens is 2. The van der Waals surface area contributed by atoms with Gasteiger partial charge in [0.05, 0.1) is 15.7 Å². The van der Waals surface area contributed by atoms with Crippen LogP contribution in [0.5, 0.6) is 5.75 Å². The zero-order valence-corrected chi connectivity index (χ0v) is 13.3. The fourth-order valence-corrected chi connectivity index (χ4v) is 3.21. The molecule has 0 spiro atoms. The monoisotopic (exact) mass is 326 g/mol. The van der Waals surface area contributed by atoms with Gasteiger partial charge < -0.3 is 14.8 Å². The molecule has 0 amide bonds. The van der Waals surface area contributed by atoms with E-state index in [2.05, 4.69) is 4.98 Å². The van der Waals surface area contributed by atoms with Gasteiger partial charge in [-0.05, 0) is 26.0 Å². The normalized spacial score (nSPS) is 18.0. The van der Waals surface area contributed by atoms with Crippen LogP contribution in [-0.2, 0) is 18.6 Å². The summed E-state index contributed by atoms with van der Waals surface area (Å²) in [7, 11) is 0. The van der Waals surface area contributed by atoms with Crippen molar-refractivity contribution < 1.29 is 10.2 Å². The van der Waals surface area contributed by atoms with Crippen LogP contribution in [0.25, 0.3) is 0 Å². The Morgan fingerprint density at radius 1 is 1.33 bits per heavy atom. The Morgan fingerprint density at radius 3 is 2.67 bits per heavy atom. The van der Waals surface area contributed by atoms with Crippen LogP contribution in [0.2, 0.25) is 10.0 Å². The Labute approximate surface area is 133 Å². The summed E-state index contributed by atoms with van der Waals surface area (Å²) in [5.74, 6) is 1.07. The number of phenolic OH excluding ortho intramolecular Hbond substituents is 1. The van der Waals surface area contributed by atoms with Crippen molar-refractivity contribution in [2.75, 3.05) is 0 Å². The van der Waals surface area contributed by atoms with Crippen LogP contribution < -0.4 is 0 Å². The van der Waals surface area contributed by atoms with E-state index in [1.807, 2.05) is 10.8 Å². The Hall–Kier alpha value is -1.23. The molecule has 21 heavy (non-hydrogen) atoms. The third kappa shape index (κ3) is 2.52. The van der Waals surface area contributed by atoms with Crippen LogP contribution in [0.15, 0.2) is 18.3 Å². The van der Waals surface area contributed by atoms with Gasteiger partial charge in [0.25, 0.3) is 0 Å². The maximum atomic E-state index is 10.1. The molecule has 1 aromatic heterocycles. The van der Waals surface area contributed by atoms with Crippen LogP contribution in [0, 0.1) is 0 Å². The highest BCUT2D eigenvalue weighted by molar-refractivity contribution is 6.42. The summed E-state index contributed by atoms with van der Waals surface area (Å²) in [6, 6.07) is 3.15. The van der Waals surface area contributed by atoms with Crippen molar-refractivity contribution in [1.29, 1.82) is 0 Å². The molecule has 1 aliphatic rings. The van der Waals surface area contributed by atoms with Gasteiger partial charge >= 0.3 is 0 Å². The van der Waals surface area contributed by atoms with E-state index in [0.29, 0.717) is 34.3 Å². The number of benzene rings is 1. The second-order valence-corrected chi connectivity index (χ2v) is 6.73. The number of imidazole rings is 1. The van der Waals surface area contributed by atoms with E-state index in [1.165, 1.54) is 0 Å². The van der Waals surface area contributed by atoms with Gasteiger partial charge in [0.15, 0.2) is 0 Å². The molecular weight excluding hydrogens is 311 g/mol. The summed E-state index contributed by atoms with van der Waals surface area (Å²) >= 11 is 12.3. The quantitative estimate of drug-likeness (QED) is 0.888. The van der Waals surface area contributed by atoms with E-state index >= 15 is 0 Å². The van der Waals surface area contributed by atoms with Gasteiger partial charge in [-0.2, -0.15) is 0 Å². The van der Waals surface area contributed by atoms with Crippen LogP contribution in [0.1, 0.15) is 36.8 Å². The second-order valence-electron chi connectivity index (χ2n) is 5.95. The molecule has 0 saturated heterocycles. The van der Waals surface area contributed by atoms with Crippen LogP contribution in [-0.4, -0.2) is 19.8 Å². The van der Waals surface area contributed by atoms with E-state index in [-0.39, 0.29) is 11.7 Å². The first-order valence-corrected chi connectivity index (χ1v) is 7.48. The molecular formula is C15H16Cl2N2O2. The van der Waals surface area contributed by atoms with Gasteiger partial charge in [0, 0.05) is 30.6 Å². The lowest BCUT2D eigenvalue weighted by atomic mass is 9.96. The number of phenols is 1. The average molecular weight is 327 g/mol. The zero-order valence-electron chi connectivity index (χ0n) is 11.8. The van der Waals surface area contributed by atoms with Gasteiger partial charge in [-0.1, -0.05) is 23.2 Å². The number of aliphatic hydroxyl groups is 1. The Morgan fingerprint density at radius 2 is 2.05 bits per heavy atom. The molecule has 1 atom stereocenters. The molecule has 0 radical (unpaired) electrons. The van der Waals surface area contributed by atoms with E-state index in [9.17, 15) is 10.2 Å². The summed E-state index contributed by atoms with van der Waals surface area (Å²) in [5, 5.41) is 20.9. The number of aromatic hydroxyl groups is 1. The van der Waals surface area contributed by atoms with Gasteiger partial charge in [-0.15, -0.1) is 0 Å². The highest BCUT2D eigenvalue weighted by Crippen LogP contribution is 2.42. The molecule has 3 rings (SSSR count). The highest BCUT2D eigenvalue weighted by atomic mass is 35.5. The van der Waals surface area contributed by atoms with Crippen LogP contribution >= 0.6 is 23.2 Å². The minimum absolute atomic E-state index is 0.0366. The van der Waals surface area contributed by atoms with Crippen molar-refractivity contribution in [3.05, 3.63) is 45.5 Å². The van der Waals surface area contributed by atoms with Crippen molar-refractivity contribution >= 4 is 23.2 Å². The molecule has 0 aliphatic carbocycles. The first-order valence-electron chi connectivity index (χ1n) is 6.73. The Kier molecular flexibility index (Phi) is 3.43. The maximum Gasteiger partial charge on any atom is 0.120 e. The summed E-state index contributed by atoms with van der Waals surface area (Å²) in [4.78, 5) is 4.47. The molecule has 1 aliphatic heterocycles. The number of hydrogen-bond acceptors (Lipinski definition) is 3. The first-order chi connectivity index (χ1) is 9.77. The maximum absolute atomic E-state index is 10.1. The van der Waals surface area contributed by atoms with E-state index < -0.39 is 5.60 Å². The Bertz CT molecular complexity index is 681. The number of hydrogen-bond donors (Lipinski definition) is 2. The second kappa shape index (κ2) is 4.90. The van der Waals surface area contributed by atoms with Crippen molar-refractivity contribution in [2.24, 2.45) is 0 Å². The summed E-state index contributed by atoms with van der Waals surface area (Å²) in [6.07, 6.45) is 2.51.